The van der Waals surface area contributed by atoms with Gasteiger partial charge in [0.1, 0.15) is 11.4 Å². The van der Waals surface area contributed by atoms with Gasteiger partial charge in [0.15, 0.2) is 0 Å². The summed E-state index contributed by atoms with van der Waals surface area (Å²) in [6.45, 7) is 4.65. The zero-order chi connectivity index (χ0) is 20.1. The number of H-pyrrole nitrogens is 1. The van der Waals surface area contributed by atoms with Gasteiger partial charge < -0.3 is 15.2 Å². The first-order chi connectivity index (χ1) is 14.2. The minimum atomic E-state index is -0.352. The highest BCUT2D eigenvalue weighted by molar-refractivity contribution is 7.09. The average Bonchev–Trinajstić information content (AvgIpc) is 3.27. The molecule has 0 saturated carbocycles. The molecule has 0 aromatic carbocycles. The van der Waals surface area contributed by atoms with Crippen molar-refractivity contribution >= 4 is 23.1 Å². The van der Waals surface area contributed by atoms with Crippen LogP contribution in [0.15, 0.2) is 58.8 Å². The molecule has 1 fully saturated rings. The summed E-state index contributed by atoms with van der Waals surface area (Å²) in [6.07, 6.45) is 1.81. The normalized spacial score (nSPS) is 14.7. The summed E-state index contributed by atoms with van der Waals surface area (Å²) < 4.78 is 0. The zero-order valence-corrected chi connectivity index (χ0v) is 16.8. The van der Waals surface area contributed by atoms with Gasteiger partial charge in [-0.15, -0.1) is 11.3 Å². The van der Waals surface area contributed by atoms with E-state index in [1.165, 1.54) is 0 Å². The van der Waals surface area contributed by atoms with Gasteiger partial charge in [0.25, 0.3) is 11.5 Å². The summed E-state index contributed by atoms with van der Waals surface area (Å²) in [7, 11) is 0. The molecule has 4 heterocycles. The van der Waals surface area contributed by atoms with Crippen LogP contribution in [0.3, 0.4) is 0 Å². The van der Waals surface area contributed by atoms with Crippen molar-refractivity contribution in [2.45, 2.75) is 13.1 Å². The van der Waals surface area contributed by atoms with Gasteiger partial charge in [-0.1, -0.05) is 12.1 Å². The van der Waals surface area contributed by atoms with E-state index in [1.54, 1.807) is 17.4 Å². The van der Waals surface area contributed by atoms with E-state index < -0.39 is 0 Å². The first-order valence-corrected chi connectivity index (χ1v) is 10.5. The minimum absolute atomic E-state index is 0.144. The van der Waals surface area contributed by atoms with E-state index in [0.29, 0.717) is 13.1 Å². The molecule has 1 aliphatic heterocycles. The topological polar surface area (TPSA) is 81.3 Å². The van der Waals surface area contributed by atoms with Gasteiger partial charge in [0, 0.05) is 49.5 Å². The van der Waals surface area contributed by atoms with Crippen LogP contribution in [0.4, 0.5) is 5.82 Å². The Hall–Kier alpha value is -2.97. The smallest absolute Gasteiger partial charge is 0.261 e. The number of hydrogen-bond donors (Lipinski definition) is 2. The predicted molar refractivity (Wildman–Crippen MR) is 114 cm³/mol. The number of nitrogens with one attached hydrogen (secondary N) is 2. The van der Waals surface area contributed by atoms with E-state index in [9.17, 15) is 9.59 Å². The number of nitrogens with zero attached hydrogens (tertiary/aromatic N) is 3. The molecule has 0 unspecified atom stereocenters. The van der Waals surface area contributed by atoms with Crippen LogP contribution in [-0.2, 0) is 13.1 Å². The maximum Gasteiger partial charge on any atom is 0.261 e. The van der Waals surface area contributed by atoms with Crippen LogP contribution in [0.5, 0.6) is 0 Å². The van der Waals surface area contributed by atoms with Crippen molar-refractivity contribution in [1.29, 1.82) is 0 Å². The fraction of sp³-hybridized carbons (Fsp3) is 0.286. The Kier molecular flexibility index (Phi) is 6.02. The van der Waals surface area contributed by atoms with Gasteiger partial charge in [-0.2, -0.15) is 0 Å². The van der Waals surface area contributed by atoms with E-state index in [1.807, 2.05) is 48.0 Å². The lowest BCUT2D eigenvalue weighted by atomic mass is 10.2. The van der Waals surface area contributed by atoms with Crippen molar-refractivity contribution in [3.63, 3.8) is 0 Å². The number of aromatic nitrogens is 2. The summed E-state index contributed by atoms with van der Waals surface area (Å²) in [6, 6.07) is 13.3. The number of amides is 1. The maximum atomic E-state index is 12.4. The largest absolute Gasteiger partial charge is 0.354 e. The van der Waals surface area contributed by atoms with Crippen LogP contribution in [0.25, 0.3) is 0 Å². The molecule has 150 valence electrons. The molecule has 7 nitrogen and oxygen atoms in total. The molecule has 0 bridgehead atoms. The predicted octanol–water partition coefficient (Wildman–Crippen LogP) is 2.08. The molecule has 1 amide bonds. The second kappa shape index (κ2) is 9.02. The second-order valence-electron chi connectivity index (χ2n) is 6.94. The molecule has 4 rings (SSSR count). The van der Waals surface area contributed by atoms with Gasteiger partial charge in [-0.25, -0.2) is 4.98 Å². The van der Waals surface area contributed by atoms with Gasteiger partial charge in [0.05, 0.1) is 6.54 Å². The van der Waals surface area contributed by atoms with E-state index in [2.05, 4.69) is 25.1 Å². The van der Waals surface area contributed by atoms with Crippen molar-refractivity contribution < 1.29 is 4.79 Å². The molecule has 0 spiro atoms. The molecule has 29 heavy (non-hydrogen) atoms. The number of carbonyl (C=O) groups excluding carboxylic acids is 1. The molecule has 2 N–H and O–H groups in total. The van der Waals surface area contributed by atoms with Crippen molar-refractivity contribution in [2.75, 3.05) is 31.1 Å². The Morgan fingerprint density at radius 1 is 1.10 bits per heavy atom. The number of anilines is 1. The highest BCUT2D eigenvalue weighted by Crippen LogP contribution is 2.14. The standard InChI is InChI=1S/C21H23N5O2S/c27-20(23-14-17-4-3-13-29-17)18-7-6-16(24-21(18)28)15-25-9-11-26(12-10-25)19-5-1-2-8-22-19/h1-8,13H,9-12,14-15H2,(H,23,27)(H,24,28). The van der Waals surface area contributed by atoms with E-state index >= 15 is 0 Å². The van der Waals surface area contributed by atoms with Gasteiger partial charge >= 0.3 is 0 Å². The lowest BCUT2D eigenvalue weighted by Gasteiger charge is -2.35. The summed E-state index contributed by atoms with van der Waals surface area (Å²) in [5, 5.41) is 4.75. The zero-order valence-electron chi connectivity index (χ0n) is 16.0. The number of thiophene rings is 1. The highest BCUT2D eigenvalue weighted by Gasteiger charge is 2.19. The lowest BCUT2D eigenvalue weighted by Crippen LogP contribution is -2.46. The third kappa shape index (κ3) is 4.90. The number of rotatable bonds is 6. The fourth-order valence-electron chi connectivity index (χ4n) is 3.38. The summed E-state index contributed by atoms with van der Waals surface area (Å²) in [5.41, 5.74) is 0.611. The first kappa shape index (κ1) is 19.4. The second-order valence-corrected chi connectivity index (χ2v) is 7.97. The van der Waals surface area contributed by atoms with Crippen molar-refractivity contribution in [1.82, 2.24) is 20.2 Å². The molecule has 0 radical (unpaired) electrons. The van der Waals surface area contributed by atoms with E-state index in [4.69, 9.17) is 0 Å². The molecular weight excluding hydrogens is 386 g/mol. The Bertz CT molecular complexity index is 995. The van der Waals surface area contributed by atoms with Crippen LogP contribution in [-0.4, -0.2) is 47.0 Å². The Labute approximate surface area is 173 Å². The van der Waals surface area contributed by atoms with Crippen molar-refractivity contribution in [3.8, 4) is 0 Å². The third-order valence-electron chi connectivity index (χ3n) is 4.96. The SMILES string of the molecule is O=C(NCc1cccs1)c1ccc(CN2CCN(c3ccccn3)CC2)[nH]c1=O. The lowest BCUT2D eigenvalue weighted by molar-refractivity contribution is 0.0949. The van der Waals surface area contributed by atoms with Crippen LogP contribution in [0, 0.1) is 0 Å². The van der Waals surface area contributed by atoms with Gasteiger partial charge in [0.2, 0.25) is 0 Å². The monoisotopic (exact) mass is 409 g/mol. The molecule has 3 aromatic heterocycles. The van der Waals surface area contributed by atoms with Gasteiger partial charge in [-0.3, -0.25) is 14.5 Å². The van der Waals surface area contributed by atoms with Gasteiger partial charge in [-0.05, 0) is 35.7 Å². The quantitative estimate of drug-likeness (QED) is 0.652. The van der Waals surface area contributed by atoms with Crippen molar-refractivity contribution in [3.05, 3.63) is 80.5 Å². The molecule has 8 heteroatoms. The Balaban J connectivity index is 1.31. The van der Waals surface area contributed by atoms with Crippen LogP contribution in [0.1, 0.15) is 20.9 Å². The average molecular weight is 410 g/mol. The Morgan fingerprint density at radius 3 is 2.66 bits per heavy atom. The van der Waals surface area contributed by atoms with E-state index in [-0.39, 0.29) is 17.0 Å². The first-order valence-electron chi connectivity index (χ1n) is 9.60. The summed E-state index contributed by atoms with van der Waals surface area (Å²) in [5.74, 6) is 0.647. The highest BCUT2D eigenvalue weighted by atomic mass is 32.1. The molecule has 0 atom stereocenters. The minimum Gasteiger partial charge on any atom is -0.354 e. The Morgan fingerprint density at radius 2 is 1.97 bits per heavy atom. The number of pyridine rings is 2. The number of aromatic amines is 1. The molecule has 1 aliphatic rings. The number of carbonyl (C=O) groups is 1. The van der Waals surface area contributed by atoms with Crippen LogP contribution < -0.4 is 15.8 Å². The fourth-order valence-corrected chi connectivity index (χ4v) is 4.02. The molecular formula is C21H23N5O2S. The molecule has 0 aliphatic carbocycles. The van der Waals surface area contributed by atoms with Crippen LogP contribution >= 0.6 is 11.3 Å². The van der Waals surface area contributed by atoms with Crippen LogP contribution in [0.2, 0.25) is 0 Å². The molecule has 1 saturated heterocycles. The van der Waals surface area contributed by atoms with Crippen molar-refractivity contribution in [2.24, 2.45) is 0 Å². The summed E-state index contributed by atoms with van der Waals surface area (Å²) >= 11 is 1.57. The number of piperazine rings is 1. The molecule has 3 aromatic rings. The third-order valence-corrected chi connectivity index (χ3v) is 5.83. The maximum absolute atomic E-state index is 12.4. The summed E-state index contributed by atoms with van der Waals surface area (Å²) in [4.78, 5) is 37.5. The van der Waals surface area contributed by atoms with E-state index in [0.717, 1.165) is 42.6 Å². The number of hydrogen-bond acceptors (Lipinski definition) is 6.